The highest BCUT2D eigenvalue weighted by atomic mass is 16.5. The van der Waals surface area contributed by atoms with Crippen molar-refractivity contribution < 1.29 is 4.74 Å². The summed E-state index contributed by atoms with van der Waals surface area (Å²) in [6, 6.07) is 0. The first kappa shape index (κ1) is 16.1. The van der Waals surface area contributed by atoms with Crippen molar-refractivity contribution in [3.8, 4) is 0 Å². The van der Waals surface area contributed by atoms with Crippen LogP contribution in [-0.2, 0) is 4.74 Å². The Morgan fingerprint density at radius 3 is 2.05 bits per heavy atom. The second-order valence-electron chi connectivity index (χ2n) is 6.96. The van der Waals surface area contributed by atoms with Crippen LogP contribution in [0.2, 0.25) is 0 Å². The van der Waals surface area contributed by atoms with Crippen molar-refractivity contribution in [3.63, 3.8) is 0 Å². The molecule has 0 atom stereocenters. The van der Waals surface area contributed by atoms with Gasteiger partial charge in [0.25, 0.3) is 0 Å². The first-order valence-electron chi connectivity index (χ1n) is 9.07. The summed E-state index contributed by atoms with van der Waals surface area (Å²) in [5.74, 6) is 2.91. The van der Waals surface area contributed by atoms with E-state index >= 15 is 0 Å². The molecule has 2 aliphatic carbocycles. The standard InChI is InChI=1S/C19H34O/c1-3-5-15-20-19-13-11-18(12-14-19)17-9-7-16(6-4-2)8-10-17/h4,6,16-19H,3,5,7-15H2,1-2H3/b6-4+/t16-,17-,18?,19?. The molecule has 2 aliphatic rings. The highest BCUT2D eigenvalue weighted by Gasteiger charge is 2.30. The van der Waals surface area contributed by atoms with Crippen LogP contribution in [0.15, 0.2) is 12.2 Å². The van der Waals surface area contributed by atoms with Gasteiger partial charge in [0.15, 0.2) is 0 Å². The van der Waals surface area contributed by atoms with Gasteiger partial charge in [-0.15, -0.1) is 0 Å². The van der Waals surface area contributed by atoms with E-state index < -0.39 is 0 Å². The van der Waals surface area contributed by atoms with Crippen LogP contribution < -0.4 is 0 Å². The van der Waals surface area contributed by atoms with Crippen molar-refractivity contribution >= 4 is 0 Å². The third kappa shape index (κ3) is 4.91. The van der Waals surface area contributed by atoms with Gasteiger partial charge in [0.1, 0.15) is 0 Å². The Balaban J connectivity index is 1.64. The van der Waals surface area contributed by atoms with Crippen LogP contribution >= 0.6 is 0 Å². The minimum Gasteiger partial charge on any atom is -0.378 e. The fourth-order valence-corrected chi connectivity index (χ4v) is 4.20. The smallest absolute Gasteiger partial charge is 0.0575 e. The summed E-state index contributed by atoms with van der Waals surface area (Å²) < 4.78 is 6.00. The lowest BCUT2D eigenvalue weighted by Crippen LogP contribution is -2.28. The zero-order valence-corrected chi connectivity index (χ0v) is 13.7. The lowest BCUT2D eigenvalue weighted by atomic mass is 9.70. The van der Waals surface area contributed by atoms with E-state index in [0.717, 1.165) is 24.4 Å². The summed E-state index contributed by atoms with van der Waals surface area (Å²) >= 11 is 0. The third-order valence-electron chi connectivity index (χ3n) is 5.52. The predicted octanol–water partition coefficient (Wildman–Crippen LogP) is 5.74. The average Bonchev–Trinajstić information content (AvgIpc) is 2.49. The normalized spacial score (nSPS) is 35.5. The molecule has 2 fully saturated rings. The first-order valence-corrected chi connectivity index (χ1v) is 9.07. The Bertz CT molecular complexity index is 267. The highest BCUT2D eigenvalue weighted by molar-refractivity contribution is 4.90. The fourth-order valence-electron chi connectivity index (χ4n) is 4.20. The van der Waals surface area contributed by atoms with Crippen LogP contribution in [0.5, 0.6) is 0 Å². The number of allylic oxidation sites excluding steroid dienone is 2. The number of ether oxygens (including phenoxy) is 1. The number of unbranched alkanes of at least 4 members (excludes halogenated alkanes) is 1. The van der Waals surface area contributed by atoms with E-state index in [1.807, 2.05) is 0 Å². The molecule has 0 aromatic rings. The third-order valence-corrected chi connectivity index (χ3v) is 5.52. The predicted molar refractivity (Wildman–Crippen MR) is 86.9 cm³/mol. The van der Waals surface area contributed by atoms with E-state index in [4.69, 9.17) is 4.74 Å². The van der Waals surface area contributed by atoms with Gasteiger partial charge >= 0.3 is 0 Å². The summed E-state index contributed by atoms with van der Waals surface area (Å²) in [6.07, 6.45) is 19.0. The van der Waals surface area contributed by atoms with Gasteiger partial charge in [0.05, 0.1) is 6.10 Å². The summed E-state index contributed by atoms with van der Waals surface area (Å²) in [6.45, 7) is 5.39. The summed E-state index contributed by atoms with van der Waals surface area (Å²) in [4.78, 5) is 0. The molecular formula is C19H34O. The van der Waals surface area contributed by atoms with Gasteiger partial charge in [-0.1, -0.05) is 25.5 Å². The van der Waals surface area contributed by atoms with Crippen LogP contribution in [0.25, 0.3) is 0 Å². The van der Waals surface area contributed by atoms with Crippen molar-refractivity contribution in [2.75, 3.05) is 6.61 Å². The Labute approximate surface area is 126 Å². The van der Waals surface area contributed by atoms with Crippen LogP contribution in [0.1, 0.15) is 78.1 Å². The van der Waals surface area contributed by atoms with E-state index in [0.29, 0.717) is 6.10 Å². The Morgan fingerprint density at radius 1 is 0.900 bits per heavy atom. The highest BCUT2D eigenvalue weighted by Crippen LogP contribution is 2.40. The minimum atomic E-state index is 0.581. The number of rotatable bonds is 6. The van der Waals surface area contributed by atoms with Gasteiger partial charge in [-0.25, -0.2) is 0 Å². The topological polar surface area (TPSA) is 9.23 Å². The molecule has 116 valence electrons. The molecule has 20 heavy (non-hydrogen) atoms. The van der Waals surface area contributed by atoms with Gasteiger partial charge < -0.3 is 4.74 Å². The van der Waals surface area contributed by atoms with Crippen molar-refractivity contribution in [1.29, 1.82) is 0 Å². The Morgan fingerprint density at radius 2 is 1.50 bits per heavy atom. The average molecular weight is 278 g/mol. The molecule has 0 bridgehead atoms. The van der Waals surface area contributed by atoms with Crippen molar-refractivity contribution in [1.82, 2.24) is 0 Å². The van der Waals surface area contributed by atoms with Gasteiger partial charge in [-0.3, -0.25) is 0 Å². The lowest BCUT2D eigenvalue weighted by molar-refractivity contribution is 0.00645. The van der Waals surface area contributed by atoms with Crippen molar-refractivity contribution in [2.24, 2.45) is 17.8 Å². The van der Waals surface area contributed by atoms with Crippen molar-refractivity contribution in [3.05, 3.63) is 12.2 Å². The molecule has 1 nitrogen and oxygen atoms in total. The van der Waals surface area contributed by atoms with Gasteiger partial charge in [-0.2, -0.15) is 0 Å². The quantitative estimate of drug-likeness (QED) is 0.444. The molecule has 0 amide bonds. The zero-order valence-electron chi connectivity index (χ0n) is 13.7. The summed E-state index contributed by atoms with van der Waals surface area (Å²) in [5.41, 5.74) is 0. The van der Waals surface area contributed by atoms with E-state index in [9.17, 15) is 0 Å². The van der Waals surface area contributed by atoms with Crippen LogP contribution in [0.4, 0.5) is 0 Å². The molecule has 1 heteroatoms. The van der Waals surface area contributed by atoms with E-state index in [-0.39, 0.29) is 0 Å². The van der Waals surface area contributed by atoms with Crippen LogP contribution in [-0.4, -0.2) is 12.7 Å². The minimum absolute atomic E-state index is 0.581. The monoisotopic (exact) mass is 278 g/mol. The van der Waals surface area contributed by atoms with E-state index in [1.165, 1.54) is 64.2 Å². The largest absolute Gasteiger partial charge is 0.378 e. The maximum absolute atomic E-state index is 6.00. The maximum atomic E-state index is 6.00. The molecule has 0 N–H and O–H groups in total. The molecule has 2 saturated carbocycles. The Hall–Kier alpha value is -0.300. The fraction of sp³-hybridized carbons (Fsp3) is 0.895. The first-order chi connectivity index (χ1) is 9.83. The molecule has 0 unspecified atom stereocenters. The summed E-state index contributed by atoms with van der Waals surface area (Å²) in [7, 11) is 0. The van der Waals surface area contributed by atoms with E-state index in [2.05, 4.69) is 26.0 Å². The zero-order chi connectivity index (χ0) is 14.2. The molecule has 0 spiro atoms. The van der Waals surface area contributed by atoms with Gasteiger partial charge in [-0.05, 0) is 82.5 Å². The molecular weight excluding hydrogens is 244 g/mol. The lowest BCUT2D eigenvalue weighted by Gasteiger charge is -2.37. The van der Waals surface area contributed by atoms with Crippen molar-refractivity contribution in [2.45, 2.75) is 84.2 Å². The second kappa shape index (κ2) is 8.87. The summed E-state index contributed by atoms with van der Waals surface area (Å²) in [5, 5.41) is 0. The molecule has 2 rings (SSSR count). The molecule has 0 saturated heterocycles. The SMILES string of the molecule is C/C=C/[C@H]1CC[C@H](C2CCC(OCCCC)CC2)CC1. The second-order valence-corrected chi connectivity index (χ2v) is 6.96. The number of hydrogen-bond acceptors (Lipinski definition) is 1. The van der Waals surface area contributed by atoms with Gasteiger partial charge in [0, 0.05) is 6.61 Å². The Kier molecular flexibility index (Phi) is 7.13. The van der Waals surface area contributed by atoms with Crippen LogP contribution in [0.3, 0.4) is 0 Å². The van der Waals surface area contributed by atoms with Gasteiger partial charge in [0.2, 0.25) is 0 Å². The molecule has 0 aliphatic heterocycles. The molecule has 0 heterocycles. The number of hydrogen-bond donors (Lipinski definition) is 0. The molecule has 0 aromatic heterocycles. The molecule has 0 aromatic carbocycles. The van der Waals surface area contributed by atoms with E-state index in [1.54, 1.807) is 0 Å². The maximum Gasteiger partial charge on any atom is 0.0575 e. The van der Waals surface area contributed by atoms with Crippen LogP contribution in [0, 0.1) is 17.8 Å². The molecule has 0 radical (unpaired) electrons.